The van der Waals surface area contributed by atoms with Crippen LogP contribution in [0.15, 0.2) is 0 Å². The smallest absolute Gasteiger partial charge is 0.217 e. The topological polar surface area (TPSA) is 66.6 Å². The molecule has 5 nitrogen and oxygen atoms in total. The molecular formula is C11H25N3O2S. The van der Waals surface area contributed by atoms with Crippen LogP contribution in [0.3, 0.4) is 0 Å². The maximum Gasteiger partial charge on any atom is 0.217 e. The molecular weight excluding hydrogens is 238 g/mol. The van der Waals surface area contributed by atoms with E-state index in [9.17, 15) is 8.42 Å². The summed E-state index contributed by atoms with van der Waals surface area (Å²) in [6.45, 7) is 4.21. The Morgan fingerprint density at radius 2 is 1.88 bits per heavy atom. The number of piperidine rings is 1. The van der Waals surface area contributed by atoms with Gasteiger partial charge < -0.3 is 10.6 Å². The SMILES string of the molecule is CC(CN)S(=O)(=O)N1CCC(CN(C)C)CC1. The van der Waals surface area contributed by atoms with Crippen LogP contribution in [0.5, 0.6) is 0 Å². The molecule has 1 rings (SSSR count). The van der Waals surface area contributed by atoms with Crippen molar-refractivity contribution in [1.29, 1.82) is 0 Å². The molecule has 1 heterocycles. The highest BCUT2D eigenvalue weighted by Crippen LogP contribution is 2.21. The lowest BCUT2D eigenvalue weighted by atomic mass is 9.98. The molecule has 1 unspecified atom stereocenters. The Morgan fingerprint density at radius 1 is 1.35 bits per heavy atom. The van der Waals surface area contributed by atoms with Crippen molar-refractivity contribution in [1.82, 2.24) is 9.21 Å². The lowest BCUT2D eigenvalue weighted by Gasteiger charge is -2.33. The first-order valence-corrected chi connectivity index (χ1v) is 7.72. The summed E-state index contributed by atoms with van der Waals surface area (Å²) in [4.78, 5) is 2.16. The van der Waals surface area contributed by atoms with Crippen LogP contribution in [0.1, 0.15) is 19.8 Å². The zero-order valence-corrected chi connectivity index (χ0v) is 11.9. The van der Waals surface area contributed by atoms with E-state index in [-0.39, 0.29) is 6.54 Å². The predicted octanol–water partition coefficient (Wildman–Crippen LogP) is -0.0630. The van der Waals surface area contributed by atoms with E-state index in [2.05, 4.69) is 19.0 Å². The number of rotatable bonds is 5. The second kappa shape index (κ2) is 6.13. The largest absolute Gasteiger partial charge is 0.329 e. The minimum atomic E-state index is -3.17. The molecule has 102 valence electrons. The van der Waals surface area contributed by atoms with Crippen molar-refractivity contribution in [2.45, 2.75) is 25.0 Å². The highest BCUT2D eigenvalue weighted by molar-refractivity contribution is 7.89. The van der Waals surface area contributed by atoms with Crippen molar-refractivity contribution in [2.75, 3.05) is 40.3 Å². The molecule has 6 heteroatoms. The first-order chi connectivity index (χ1) is 7.87. The van der Waals surface area contributed by atoms with Crippen LogP contribution in [0.25, 0.3) is 0 Å². The van der Waals surface area contributed by atoms with Gasteiger partial charge in [0.1, 0.15) is 0 Å². The molecule has 0 aromatic carbocycles. The van der Waals surface area contributed by atoms with Crippen molar-refractivity contribution < 1.29 is 8.42 Å². The van der Waals surface area contributed by atoms with E-state index in [0.29, 0.717) is 19.0 Å². The van der Waals surface area contributed by atoms with Crippen molar-refractivity contribution >= 4 is 10.0 Å². The van der Waals surface area contributed by atoms with E-state index in [4.69, 9.17) is 5.73 Å². The number of sulfonamides is 1. The monoisotopic (exact) mass is 263 g/mol. The molecule has 17 heavy (non-hydrogen) atoms. The van der Waals surface area contributed by atoms with Gasteiger partial charge in [0.25, 0.3) is 0 Å². The molecule has 0 spiro atoms. The molecule has 0 bridgehead atoms. The third kappa shape index (κ3) is 3.91. The molecule has 0 aromatic rings. The van der Waals surface area contributed by atoms with E-state index in [1.807, 2.05) is 0 Å². The first kappa shape index (κ1) is 14.9. The van der Waals surface area contributed by atoms with Gasteiger partial charge in [-0.25, -0.2) is 12.7 Å². The Bertz CT molecular complexity index is 322. The maximum atomic E-state index is 12.1. The molecule has 1 atom stereocenters. The van der Waals surface area contributed by atoms with E-state index >= 15 is 0 Å². The van der Waals surface area contributed by atoms with Crippen LogP contribution in [0, 0.1) is 5.92 Å². The minimum Gasteiger partial charge on any atom is -0.329 e. The van der Waals surface area contributed by atoms with E-state index < -0.39 is 15.3 Å². The highest BCUT2D eigenvalue weighted by Gasteiger charge is 2.31. The zero-order chi connectivity index (χ0) is 13.1. The summed E-state index contributed by atoms with van der Waals surface area (Å²) in [7, 11) is 0.941. The van der Waals surface area contributed by atoms with Crippen LogP contribution in [0.4, 0.5) is 0 Å². The van der Waals surface area contributed by atoms with E-state index in [1.165, 1.54) is 0 Å². The lowest BCUT2D eigenvalue weighted by Crippen LogP contribution is -2.45. The molecule has 0 aromatic heterocycles. The molecule has 1 aliphatic heterocycles. The fourth-order valence-corrected chi connectivity index (χ4v) is 3.71. The van der Waals surface area contributed by atoms with Crippen LogP contribution >= 0.6 is 0 Å². The van der Waals surface area contributed by atoms with Crippen molar-refractivity contribution in [3.8, 4) is 0 Å². The Labute approximate surface area is 105 Å². The fourth-order valence-electron chi connectivity index (χ4n) is 2.24. The Morgan fingerprint density at radius 3 is 2.29 bits per heavy atom. The van der Waals surface area contributed by atoms with Gasteiger partial charge in [-0.05, 0) is 39.8 Å². The summed E-state index contributed by atoms with van der Waals surface area (Å²) in [5, 5.41) is -0.465. The maximum absolute atomic E-state index is 12.1. The zero-order valence-electron chi connectivity index (χ0n) is 11.1. The van der Waals surface area contributed by atoms with Crippen molar-refractivity contribution in [2.24, 2.45) is 11.7 Å². The summed E-state index contributed by atoms with van der Waals surface area (Å²) in [5.74, 6) is 0.615. The van der Waals surface area contributed by atoms with Crippen molar-refractivity contribution in [3.05, 3.63) is 0 Å². The van der Waals surface area contributed by atoms with Crippen LogP contribution < -0.4 is 5.73 Å². The van der Waals surface area contributed by atoms with Gasteiger partial charge in [0.2, 0.25) is 10.0 Å². The average molecular weight is 263 g/mol. The number of nitrogens with zero attached hydrogens (tertiary/aromatic N) is 2. The van der Waals surface area contributed by atoms with E-state index in [1.54, 1.807) is 11.2 Å². The number of hydrogen-bond donors (Lipinski definition) is 1. The normalized spacial score (nSPS) is 21.9. The first-order valence-electron chi connectivity index (χ1n) is 6.21. The summed E-state index contributed by atoms with van der Waals surface area (Å²) in [5.41, 5.74) is 5.45. The molecule has 0 aliphatic carbocycles. The summed E-state index contributed by atoms with van der Waals surface area (Å²) >= 11 is 0. The fraction of sp³-hybridized carbons (Fsp3) is 1.00. The van der Waals surface area contributed by atoms with Crippen LogP contribution in [-0.4, -0.2) is 63.1 Å². The summed E-state index contributed by atoms with van der Waals surface area (Å²) in [6.07, 6.45) is 1.91. The molecule has 0 saturated carbocycles. The van der Waals surface area contributed by atoms with Gasteiger partial charge in [-0.3, -0.25) is 0 Å². The van der Waals surface area contributed by atoms with Gasteiger partial charge in [-0.15, -0.1) is 0 Å². The van der Waals surface area contributed by atoms with Crippen molar-refractivity contribution in [3.63, 3.8) is 0 Å². The Kier molecular flexibility index (Phi) is 5.37. The molecule has 1 aliphatic rings. The van der Waals surface area contributed by atoms with Gasteiger partial charge in [0, 0.05) is 26.2 Å². The molecule has 0 radical (unpaired) electrons. The summed E-state index contributed by atoms with van der Waals surface area (Å²) < 4.78 is 25.8. The quantitative estimate of drug-likeness (QED) is 0.754. The van der Waals surface area contributed by atoms with Gasteiger partial charge in [0.15, 0.2) is 0 Å². The number of nitrogens with two attached hydrogens (primary N) is 1. The molecule has 1 fully saturated rings. The van der Waals surface area contributed by atoms with Crippen LogP contribution in [-0.2, 0) is 10.0 Å². The highest BCUT2D eigenvalue weighted by atomic mass is 32.2. The molecule has 2 N–H and O–H groups in total. The standard InChI is InChI=1S/C11H25N3O2S/c1-10(8-12)17(15,16)14-6-4-11(5-7-14)9-13(2)3/h10-11H,4-9,12H2,1-3H3. The molecule has 1 saturated heterocycles. The third-order valence-corrected chi connectivity index (χ3v) is 5.69. The number of hydrogen-bond acceptors (Lipinski definition) is 4. The van der Waals surface area contributed by atoms with Gasteiger partial charge >= 0.3 is 0 Å². The minimum absolute atomic E-state index is 0.194. The summed E-state index contributed by atoms with van der Waals surface area (Å²) in [6, 6.07) is 0. The molecule has 0 amide bonds. The lowest BCUT2D eigenvalue weighted by molar-refractivity contribution is 0.224. The third-order valence-electron chi connectivity index (χ3n) is 3.40. The van der Waals surface area contributed by atoms with E-state index in [0.717, 1.165) is 19.4 Å². The second-order valence-corrected chi connectivity index (χ2v) is 7.55. The van der Waals surface area contributed by atoms with Gasteiger partial charge in [-0.1, -0.05) is 0 Å². The second-order valence-electron chi connectivity index (χ2n) is 5.20. The van der Waals surface area contributed by atoms with Gasteiger partial charge in [0.05, 0.1) is 5.25 Å². The predicted molar refractivity (Wildman–Crippen MR) is 70.3 cm³/mol. The van der Waals surface area contributed by atoms with Crippen LogP contribution in [0.2, 0.25) is 0 Å². The average Bonchev–Trinajstić information content (AvgIpc) is 2.27. The Hall–Kier alpha value is -0.170. The van der Waals surface area contributed by atoms with Gasteiger partial charge in [-0.2, -0.15) is 0 Å². The Balaban J connectivity index is 2.52.